The molecule has 120 valence electrons. The highest BCUT2D eigenvalue weighted by atomic mass is 16.4. The molecule has 0 aromatic heterocycles. The Morgan fingerprint density at radius 1 is 0.905 bits per heavy atom. The molecule has 0 aliphatic rings. The van der Waals surface area contributed by atoms with E-state index in [1.165, 1.54) is 6.92 Å². The minimum absolute atomic E-state index is 0.234. The van der Waals surface area contributed by atoms with Crippen LogP contribution in [0.15, 0.2) is 0 Å². The molecule has 0 saturated heterocycles. The number of carbonyl (C=O) groups is 4. The third kappa shape index (κ3) is 6.87. The summed E-state index contributed by atoms with van der Waals surface area (Å²) in [5.41, 5.74) is 0. The third-order valence-corrected chi connectivity index (χ3v) is 2.91. The van der Waals surface area contributed by atoms with E-state index in [0.29, 0.717) is 0 Å². The first kappa shape index (κ1) is 19.1. The molecule has 7 nitrogen and oxygen atoms in total. The molecule has 2 atom stereocenters. The SMILES string of the molecule is CC(=O)CC(=O)N[C@H](C(=O)N[C@H](C(=O)O)C(C)C)C(C)C. The molecule has 0 fully saturated rings. The van der Waals surface area contributed by atoms with Crippen LogP contribution in [-0.2, 0) is 19.2 Å². The highest BCUT2D eigenvalue weighted by Gasteiger charge is 2.30. The zero-order valence-electron chi connectivity index (χ0n) is 13.1. The van der Waals surface area contributed by atoms with Crippen molar-refractivity contribution < 1.29 is 24.3 Å². The summed E-state index contributed by atoms with van der Waals surface area (Å²) in [4.78, 5) is 45.7. The summed E-state index contributed by atoms with van der Waals surface area (Å²) in [5, 5.41) is 14.0. The predicted octanol–water partition coefficient (Wildman–Crippen LogP) is 0.332. The Bertz CT molecular complexity index is 418. The van der Waals surface area contributed by atoms with Gasteiger partial charge < -0.3 is 15.7 Å². The van der Waals surface area contributed by atoms with Gasteiger partial charge in [-0.15, -0.1) is 0 Å². The van der Waals surface area contributed by atoms with Gasteiger partial charge in [0.2, 0.25) is 11.8 Å². The highest BCUT2D eigenvalue weighted by Crippen LogP contribution is 2.06. The second-order valence-electron chi connectivity index (χ2n) is 5.74. The average Bonchev–Trinajstić information content (AvgIpc) is 2.30. The molecule has 0 aliphatic carbocycles. The fourth-order valence-electron chi connectivity index (χ4n) is 1.74. The highest BCUT2D eigenvalue weighted by molar-refractivity contribution is 5.99. The molecule has 0 aliphatic heterocycles. The van der Waals surface area contributed by atoms with Gasteiger partial charge in [-0.25, -0.2) is 4.79 Å². The van der Waals surface area contributed by atoms with E-state index >= 15 is 0 Å². The van der Waals surface area contributed by atoms with Crippen molar-refractivity contribution in [3.63, 3.8) is 0 Å². The maximum absolute atomic E-state index is 12.2. The fraction of sp³-hybridized carbons (Fsp3) is 0.714. The van der Waals surface area contributed by atoms with Gasteiger partial charge in [0.05, 0.1) is 6.42 Å². The smallest absolute Gasteiger partial charge is 0.326 e. The summed E-state index contributed by atoms with van der Waals surface area (Å²) in [6, 6.07) is -1.90. The largest absolute Gasteiger partial charge is 0.480 e. The number of hydrogen-bond donors (Lipinski definition) is 3. The summed E-state index contributed by atoms with van der Waals surface area (Å²) >= 11 is 0. The van der Waals surface area contributed by atoms with Gasteiger partial charge in [-0.05, 0) is 18.8 Å². The number of rotatable bonds is 8. The quantitative estimate of drug-likeness (QED) is 0.559. The Kier molecular flexibility index (Phi) is 7.62. The maximum atomic E-state index is 12.2. The van der Waals surface area contributed by atoms with Crippen LogP contribution in [0.5, 0.6) is 0 Å². The Labute approximate surface area is 124 Å². The zero-order valence-corrected chi connectivity index (χ0v) is 13.1. The van der Waals surface area contributed by atoms with Crippen LogP contribution in [0, 0.1) is 11.8 Å². The van der Waals surface area contributed by atoms with Gasteiger partial charge in [0.1, 0.15) is 17.9 Å². The lowest BCUT2D eigenvalue weighted by Gasteiger charge is -2.25. The number of amides is 2. The molecule has 3 N–H and O–H groups in total. The summed E-state index contributed by atoms with van der Waals surface area (Å²) in [5.74, 6) is -3.07. The van der Waals surface area contributed by atoms with E-state index in [9.17, 15) is 19.2 Å². The van der Waals surface area contributed by atoms with Gasteiger partial charge in [-0.2, -0.15) is 0 Å². The number of nitrogens with one attached hydrogen (secondary N) is 2. The van der Waals surface area contributed by atoms with Gasteiger partial charge in [0.25, 0.3) is 0 Å². The van der Waals surface area contributed by atoms with E-state index in [-0.39, 0.29) is 24.0 Å². The van der Waals surface area contributed by atoms with Crippen molar-refractivity contribution in [2.45, 2.75) is 53.1 Å². The van der Waals surface area contributed by atoms with Crippen LogP contribution in [-0.4, -0.2) is 40.8 Å². The van der Waals surface area contributed by atoms with E-state index in [1.807, 2.05) is 0 Å². The van der Waals surface area contributed by atoms with E-state index in [4.69, 9.17) is 5.11 Å². The van der Waals surface area contributed by atoms with E-state index in [1.54, 1.807) is 27.7 Å². The Morgan fingerprint density at radius 2 is 1.38 bits per heavy atom. The average molecular weight is 300 g/mol. The number of aliphatic carboxylic acids is 1. The number of ketones is 1. The lowest BCUT2D eigenvalue weighted by Crippen LogP contribution is -2.55. The van der Waals surface area contributed by atoms with Gasteiger partial charge in [-0.3, -0.25) is 14.4 Å². The summed E-state index contributed by atoms with van der Waals surface area (Å²) in [6.45, 7) is 8.09. The molecule has 0 spiro atoms. The Hall–Kier alpha value is -1.92. The first-order chi connectivity index (χ1) is 9.56. The van der Waals surface area contributed by atoms with Crippen molar-refractivity contribution in [1.29, 1.82) is 0 Å². The number of carboxylic acid groups (broad SMARTS) is 1. The van der Waals surface area contributed by atoms with Gasteiger partial charge in [0.15, 0.2) is 0 Å². The molecule has 0 heterocycles. The van der Waals surface area contributed by atoms with Crippen molar-refractivity contribution in [1.82, 2.24) is 10.6 Å². The predicted molar refractivity (Wildman–Crippen MR) is 76.5 cm³/mol. The van der Waals surface area contributed by atoms with Crippen molar-refractivity contribution >= 4 is 23.6 Å². The minimum atomic E-state index is -1.13. The van der Waals surface area contributed by atoms with Crippen molar-refractivity contribution in [3.8, 4) is 0 Å². The normalized spacial score (nSPS) is 13.7. The summed E-state index contributed by atoms with van der Waals surface area (Å²) in [6.07, 6.45) is -0.303. The zero-order chi connectivity index (χ0) is 16.7. The van der Waals surface area contributed by atoms with Crippen molar-refractivity contribution in [2.75, 3.05) is 0 Å². The minimum Gasteiger partial charge on any atom is -0.480 e. The van der Waals surface area contributed by atoms with Gasteiger partial charge in [-0.1, -0.05) is 27.7 Å². The molecular formula is C14H24N2O5. The monoisotopic (exact) mass is 300 g/mol. The van der Waals surface area contributed by atoms with Crippen LogP contribution in [0.1, 0.15) is 41.0 Å². The molecule has 0 radical (unpaired) electrons. The van der Waals surface area contributed by atoms with Crippen LogP contribution in [0.4, 0.5) is 0 Å². The standard InChI is InChI=1S/C14H24N2O5/c1-7(2)11(15-10(18)6-9(5)17)13(19)16-12(8(3)4)14(20)21/h7-8,11-12H,6H2,1-5H3,(H,15,18)(H,16,19)(H,20,21)/t11-,12-/m0/s1. The van der Waals surface area contributed by atoms with E-state index in [2.05, 4.69) is 10.6 Å². The van der Waals surface area contributed by atoms with Crippen LogP contribution < -0.4 is 10.6 Å². The molecule has 0 saturated carbocycles. The summed E-state index contributed by atoms with van der Waals surface area (Å²) < 4.78 is 0. The number of Topliss-reactive ketones (excluding diaryl/α,β-unsaturated/α-hetero) is 1. The summed E-state index contributed by atoms with van der Waals surface area (Å²) in [7, 11) is 0. The second-order valence-corrected chi connectivity index (χ2v) is 5.74. The number of carbonyl (C=O) groups excluding carboxylic acids is 3. The lowest BCUT2D eigenvalue weighted by molar-refractivity contribution is -0.143. The first-order valence-electron chi connectivity index (χ1n) is 6.88. The molecule has 21 heavy (non-hydrogen) atoms. The van der Waals surface area contributed by atoms with E-state index in [0.717, 1.165) is 0 Å². The van der Waals surface area contributed by atoms with Crippen LogP contribution in [0.2, 0.25) is 0 Å². The van der Waals surface area contributed by atoms with Gasteiger partial charge in [0, 0.05) is 0 Å². The maximum Gasteiger partial charge on any atom is 0.326 e. The van der Waals surface area contributed by atoms with Crippen LogP contribution in [0.25, 0.3) is 0 Å². The van der Waals surface area contributed by atoms with Crippen LogP contribution in [0.3, 0.4) is 0 Å². The molecule has 0 unspecified atom stereocenters. The topological polar surface area (TPSA) is 113 Å². The van der Waals surface area contributed by atoms with Crippen molar-refractivity contribution in [3.05, 3.63) is 0 Å². The molecule has 0 aromatic rings. The Morgan fingerprint density at radius 3 is 1.71 bits per heavy atom. The molecule has 7 heteroatoms. The van der Waals surface area contributed by atoms with Crippen molar-refractivity contribution in [2.24, 2.45) is 11.8 Å². The van der Waals surface area contributed by atoms with Crippen LogP contribution >= 0.6 is 0 Å². The Balaban J connectivity index is 4.88. The lowest BCUT2D eigenvalue weighted by atomic mass is 10.00. The first-order valence-corrected chi connectivity index (χ1v) is 6.88. The molecule has 2 amide bonds. The fourth-order valence-corrected chi connectivity index (χ4v) is 1.74. The molecule has 0 rings (SSSR count). The van der Waals surface area contributed by atoms with E-state index < -0.39 is 29.9 Å². The molecule has 0 aromatic carbocycles. The third-order valence-electron chi connectivity index (χ3n) is 2.91. The molecular weight excluding hydrogens is 276 g/mol. The second kappa shape index (κ2) is 8.39. The van der Waals surface area contributed by atoms with Gasteiger partial charge >= 0.3 is 5.97 Å². The number of hydrogen-bond acceptors (Lipinski definition) is 4. The molecule has 0 bridgehead atoms. The number of carboxylic acids is 1.